The predicted octanol–water partition coefficient (Wildman–Crippen LogP) is 5.36. The van der Waals surface area contributed by atoms with Crippen molar-refractivity contribution in [1.82, 2.24) is 4.98 Å². The third kappa shape index (κ3) is 2.53. The van der Waals surface area contributed by atoms with Crippen LogP contribution >= 0.6 is 11.3 Å². The van der Waals surface area contributed by atoms with Gasteiger partial charge in [-0.25, -0.2) is 0 Å². The number of thiophene rings is 1. The molecule has 2 nitrogen and oxygen atoms in total. The largest absolute Gasteiger partial charge is 0.497 e. The van der Waals surface area contributed by atoms with E-state index in [1.165, 1.54) is 39.3 Å². The van der Waals surface area contributed by atoms with E-state index in [4.69, 9.17) is 4.74 Å². The second-order valence-electron chi connectivity index (χ2n) is 5.63. The van der Waals surface area contributed by atoms with E-state index in [0.717, 1.165) is 11.7 Å². The van der Waals surface area contributed by atoms with Crippen molar-refractivity contribution in [3.05, 3.63) is 60.4 Å². The second kappa shape index (κ2) is 5.58. The monoisotopic (exact) mass is 307 g/mol. The number of hydrogen-bond acceptors (Lipinski definition) is 3. The van der Waals surface area contributed by atoms with Crippen LogP contribution in [0.2, 0.25) is 0 Å². The van der Waals surface area contributed by atoms with Crippen molar-refractivity contribution in [2.75, 3.05) is 7.11 Å². The molecule has 2 heterocycles. The number of aromatic nitrogens is 1. The molecule has 4 rings (SSSR count). The van der Waals surface area contributed by atoms with Gasteiger partial charge in [0.25, 0.3) is 0 Å². The van der Waals surface area contributed by atoms with E-state index in [-0.39, 0.29) is 0 Å². The Bertz CT molecular complexity index is 787. The van der Waals surface area contributed by atoms with Crippen molar-refractivity contribution in [2.24, 2.45) is 0 Å². The van der Waals surface area contributed by atoms with E-state index in [1.54, 1.807) is 7.11 Å². The first kappa shape index (κ1) is 13.5. The molecule has 3 aromatic rings. The van der Waals surface area contributed by atoms with Crippen LogP contribution in [0.1, 0.15) is 24.3 Å². The fourth-order valence-electron chi connectivity index (χ4n) is 2.75. The van der Waals surface area contributed by atoms with Gasteiger partial charge in [-0.15, -0.1) is 11.3 Å². The maximum atomic E-state index is 5.22. The summed E-state index contributed by atoms with van der Waals surface area (Å²) >= 11 is 1.83. The fraction of sp³-hybridized carbons (Fsp3) is 0.211. The van der Waals surface area contributed by atoms with Crippen LogP contribution in [-0.4, -0.2) is 12.1 Å². The normalized spacial score (nSPS) is 14.0. The maximum Gasteiger partial charge on any atom is 0.118 e. The highest BCUT2D eigenvalue weighted by Crippen LogP contribution is 2.46. The molecule has 2 aromatic heterocycles. The zero-order chi connectivity index (χ0) is 14.9. The molecule has 1 fully saturated rings. The molecular weight excluding hydrogens is 290 g/mol. The van der Waals surface area contributed by atoms with E-state index in [1.807, 2.05) is 35.9 Å². The van der Waals surface area contributed by atoms with E-state index < -0.39 is 0 Å². The SMILES string of the molecule is COc1ccc(-c2ccc(-c3cnccc3C3CC3)s2)cc1. The van der Waals surface area contributed by atoms with Gasteiger partial charge in [0.2, 0.25) is 0 Å². The number of nitrogens with zero attached hydrogens (tertiary/aromatic N) is 1. The number of rotatable bonds is 4. The molecule has 1 aromatic carbocycles. The van der Waals surface area contributed by atoms with Gasteiger partial charge >= 0.3 is 0 Å². The Morgan fingerprint density at radius 1 is 1.00 bits per heavy atom. The first-order chi connectivity index (χ1) is 10.8. The first-order valence-corrected chi connectivity index (χ1v) is 8.35. The number of methoxy groups -OCH3 is 1. The smallest absolute Gasteiger partial charge is 0.118 e. The van der Waals surface area contributed by atoms with E-state index in [0.29, 0.717) is 0 Å². The first-order valence-electron chi connectivity index (χ1n) is 7.53. The lowest BCUT2D eigenvalue weighted by atomic mass is 10.1. The number of ether oxygens (including phenoxy) is 1. The van der Waals surface area contributed by atoms with Crippen LogP contribution in [0.15, 0.2) is 54.9 Å². The number of hydrogen-bond donors (Lipinski definition) is 0. The summed E-state index contributed by atoms with van der Waals surface area (Å²) in [5.41, 5.74) is 3.99. The van der Waals surface area contributed by atoms with Crippen LogP contribution < -0.4 is 4.74 Å². The maximum absolute atomic E-state index is 5.22. The highest BCUT2D eigenvalue weighted by atomic mass is 32.1. The molecule has 1 aliphatic carbocycles. The summed E-state index contributed by atoms with van der Waals surface area (Å²) in [6, 6.07) is 14.8. The Balaban J connectivity index is 1.69. The molecule has 22 heavy (non-hydrogen) atoms. The molecule has 0 N–H and O–H groups in total. The Labute approximate surface area is 134 Å². The van der Waals surface area contributed by atoms with Crippen LogP contribution in [0.5, 0.6) is 5.75 Å². The topological polar surface area (TPSA) is 22.1 Å². The average molecular weight is 307 g/mol. The third-order valence-electron chi connectivity index (χ3n) is 4.12. The van der Waals surface area contributed by atoms with Crippen molar-refractivity contribution in [1.29, 1.82) is 0 Å². The molecule has 110 valence electrons. The van der Waals surface area contributed by atoms with Crippen LogP contribution in [0.4, 0.5) is 0 Å². The molecule has 0 saturated heterocycles. The summed E-state index contributed by atoms with van der Waals surface area (Å²) in [6.07, 6.45) is 6.55. The minimum atomic E-state index is 0.740. The summed E-state index contributed by atoms with van der Waals surface area (Å²) in [5.74, 6) is 1.63. The fourth-order valence-corrected chi connectivity index (χ4v) is 3.80. The Morgan fingerprint density at radius 2 is 1.77 bits per heavy atom. The van der Waals surface area contributed by atoms with Gasteiger partial charge in [0.15, 0.2) is 0 Å². The van der Waals surface area contributed by atoms with Gasteiger partial charge in [0.05, 0.1) is 7.11 Å². The Morgan fingerprint density at radius 3 is 2.50 bits per heavy atom. The van der Waals surface area contributed by atoms with Crippen molar-refractivity contribution in [3.63, 3.8) is 0 Å². The zero-order valence-electron chi connectivity index (χ0n) is 12.5. The van der Waals surface area contributed by atoms with Crippen molar-refractivity contribution in [2.45, 2.75) is 18.8 Å². The van der Waals surface area contributed by atoms with Crippen LogP contribution in [-0.2, 0) is 0 Å². The second-order valence-corrected chi connectivity index (χ2v) is 6.71. The van der Waals surface area contributed by atoms with Gasteiger partial charge < -0.3 is 4.74 Å². The molecule has 0 bridgehead atoms. The van der Waals surface area contributed by atoms with Gasteiger partial charge in [0.1, 0.15) is 5.75 Å². The molecule has 0 unspecified atom stereocenters. The minimum Gasteiger partial charge on any atom is -0.497 e. The summed E-state index contributed by atoms with van der Waals surface area (Å²) < 4.78 is 5.22. The Hall–Kier alpha value is -2.13. The van der Waals surface area contributed by atoms with E-state index in [2.05, 4.69) is 35.3 Å². The van der Waals surface area contributed by atoms with Gasteiger partial charge in [-0.2, -0.15) is 0 Å². The number of pyridine rings is 1. The summed E-state index contributed by atoms with van der Waals surface area (Å²) in [6.45, 7) is 0. The Kier molecular flexibility index (Phi) is 3.43. The molecular formula is C19H17NOS. The molecule has 0 spiro atoms. The van der Waals surface area contributed by atoms with Crippen LogP contribution in [0.3, 0.4) is 0 Å². The van der Waals surface area contributed by atoms with Gasteiger partial charge in [-0.1, -0.05) is 0 Å². The molecule has 1 saturated carbocycles. The lowest BCUT2D eigenvalue weighted by Crippen LogP contribution is -1.86. The molecule has 3 heteroatoms. The molecule has 0 atom stereocenters. The van der Waals surface area contributed by atoms with Gasteiger partial charge in [-0.05, 0) is 72.4 Å². The lowest BCUT2D eigenvalue weighted by Gasteiger charge is -2.05. The van der Waals surface area contributed by atoms with Crippen LogP contribution in [0.25, 0.3) is 20.9 Å². The number of benzene rings is 1. The van der Waals surface area contributed by atoms with Gasteiger partial charge in [-0.3, -0.25) is 4.98 Å². The standard InChI is InChI=1S/C19H17NOS/c1-21-15-6-4-14(5-7-15)18-8-9-19(22-18)17-12-20-11-10-16(17)13-2-3-13/h4-13H,2-3H2,1H3. The van der Waals surface area contributed by atoms with Gasteiger partial charge in [0, 0.05) is 27.7 Å². The van der Waals surface area contributed by atoms with E-state index >= 15 is 0 Å². The predicted molar refractivity (Wildman–Crippen MR) is 91.5 cm³/mol. The summed E-state index contributed by atoms with van der Waals surface area (Å²) in [4.78, 5) is 6.91. The van der Waals surface area contributed by atoms with Crippen molar-refractivity contribution >= 4 is 11.3 Å². The van der Waals surface area contributed by atoms with Crippen LogP contribution in [0, 0.1) is 0 Å². The molecule has 0 aliphatic heterocycles. The molecule has 0 amide bonds. The van der Waals surface area contributed by atoms with Crippen molar-refractivity contribution in [3.8, 4) is 26.6 Å². The third-order valence-corrected chi connectivity index (χ3v) is 5.29. The minimum absolute atomic E-state index is 0.740. The molecule has 1 aliphatic rings. The van der Waals surface area contributed by atoms with E-state index in [9.17, 15) is 0 Å². The summed E-state index contributed by atoms with van der Waals surface area (Å²) in [5, 5.41) is 0. The highest BCUT2D eigenvalue weighted by molar-refractivity contribution is 7.18. The average Bonchev–Trinajstić information content (AvgIpc) is 3.32. The highest BCUT2D eigenvalue weighted by Gasteiger charge is 2.26. The van der Waals surface area contributed by atoms with Crippen molar-refractivity contribution < 1.29 is 4.74 Å². The lowest BCUT2D eigenvalue weighted by molar-refractivity contribution is 0.415. The summed E-state index contributed by atoms with van der Waals surface area (Å²) in [7, 11) is 1.69. The quantitative estimate of drug-likeness (QED) is 0.647. The molecule has 0 radical (unpaired) electrons. The zero-order valence-corrected chi connectivity index (χ0v) is 13.3.